The normalized spacial score (nSPS) is 19.9. The largest absolute Gasteiger partial charge is 0.490 e. The lowest BCUT2D eigenvalue weighted by Gasteiger charge is -2.42. The van der Waals surface area contributed by atoms with Gasteiger partial charge in [0.1, 0.15) is 18.0 Å². The van der Waals surface area contributed by atoms with Crippen molar-refractivity contribution in [3.8, 4) is 11.6 Å². The predicted octanol–water partition coefficient (Wildman–Crippen LogP) is 1.92. The molecular formula is C20H27ClN4O4. The smallest absolute Gasteiger partial charge is 0.220 e. The first-order valence-electron chi connectivity index (χ1n) is 9.41. The molecule has 1 atom stereocenters. The van der Waals surface area contributed by atoms with Crippen LogP contribution >= 0.6 is 11.6 Å². The minimum Gasteiger partial charge on any atom is -0.490 e. The Hall–Kier alpha value is -2.29. The van der Waals surface area contributed by atoms with Crippen molar-refractivity contribution < 1.29 is 19.0 Å². The Labute approximate surface area is 175 Å². The highest BCUT2D eigenvalue weighted by Crippen LogP contribution is 2.28. The first-order chi connectivity index (χ1) is 13.8. The fourth-order valence-corrected chi connectivity index (χ4v) is 3.91. The summed E-state index contributed by atoms with van der Waals surface area (Å²) in [4.78, 5) is 14.0. The number of primary amides is 1. The maximum Gasteiger partial charge on any atom is 0.220 e. The lowest BCUT2D eigenvalue weighted by atomic mass is 9.97. The highest BCUT2D eigenvalue weighted by atomic mass is 35.5. The number of nitrogens with zero attached hydrogens (tertiary/aromatic N) is 3. The molecule has 1 aliphatic rings. The topological polar surface area (TPSA) is 91.8 Å². The minimum atomic E-state index is -0.838. The SMILES string of the molecule is COc1c(CN2CCO[C@](COc3cccc(Cl)c3)(CC(N)=O)C2)c(C)nn1C. The van der Waals surface area contributed by atoms with E-state index < -0.39 is 11.5 Å². The number of aromatic nitrogens is 2. The van der Waals surface area contributed by atoms with Gasteiger partial charge < -0.3 is 19.9 Å². The number of hydrogen-bond donors (Lipinski definition) is 1. The number of rotatable bonds is 8. The summed E-state index contributed by atoms with van der Waals surface area (Å²) in [5.41, 5.74) is 6.61. The van der Waals surface area contributed by atoms with Crippen molar-refractivity contribution in [2.24, 2.45) is 12.8 Å². The number of hydrogen-bond acceptors (Lipinski definition) is 6. The van der Waals surface area contributed by atoms with Gasteiger partial charge in [-0.3, -0.25) is 9.69 Å². The molecule has 158 valence electrons. The van der Waals surface area contributed by atoms with Crippen LogP contribution in [0, 0.1) is 6.92 Å². The van der Waals surface area contributed by atoms with Gasteiger partial charge in [0.2, 0.25) is 11.8 Å². The van der Waals surface area contributed by atoms with Crippen LogP contribution in [0.15, 0.2) is 24.3 Å². The molecule has 1 fully saturated rings. The summed E-state index contributed by atoms with van der Waals surface area (Å²) >= 11 is 6.03. The molecular weight excluding hydrogens is 396 g/mol. The second-order valence-corrected chi connectivity index (χ2v) is 7.76. The van der Waals surface area contributed by atoms with Crippen LogP contribution in [0.3, 0.4) is 0 Å². The number of ether oxygens (including phenoxy) is 3. The number of nitrogens with two attached hydrogens (primary N) is 1. The summed E-state index contributed by atoms with van der Waals surface area (Å²) in [5, 5.41) is 5.02. The Morgan fingerprint density at radius 3 is 2.93 bits per heavy atom. The van der Waals surface area contributed by atoms with Crippen LogP contribution in [-0.2, 0) is 23.1 Å². The van der Waals surface area contributed by atoms with Crippen LogP contribution in [0.25, 0.3) is 0 Å². The number of morpholine rings is 1. The number of carbonyl (C=O) groups excluding carboxylic acids is 1. The van der Waals surface area contributed by atoms with Gasteiger partial charge in [-0.2, -0.15) is 5.10 Å². The van der Waals surface area contributed by atoms with Gasteiger partial charge in [-0.1, -0.05) is 17.7 Å². The zero-order valence-electron chi connectivity index (χ0n) is 17.0. The molecule has 0 radical (unpaired) electrons. The van der Waals surface area contributed by atoms with Gasteiger partial charge in [-0.05, 0) is 25.1 Å². The average molecular weight is 423 g/mol. The molecule has 8 nitrogen and oxygen atoms in total. The number of halogens is 1. The van der Waals surface area contributed by atoms with Crippen LogP contribution in [0.2, 0.25) is 5.02 Å². The fraction of sp³-hybridized carbons (Fsp3) is 0.500. The first kappa shape index (κ1) is 21.4. The van der Waals surface area contributed by atoms with Gasteiger partial charge in [-0.25, -0.2) is 4.68 Å². The molecule has 2 N–H and O–H groups in total. The summed E-state index contributed by atoms with van der Waals surface area (Å²) in [6, 6.07) is 7.12. The van der Waals surface area contributed by atoms with Crippen molar-refractivity contribution in [1.82, 2.24) is 14.7 Å². The van der Waals surface area contributed by atoms with Gasteiger partial charge in [0.05, 0.1) is 31.4 Å². The maximum atomic E-state index is 11.8. The highest BCUT2D eigenvalue weighted by Gasteiger charge is 2.40. The van der Waals surface area contributed by atoms with E-state index in [1.54, 1.807) is 23.9 Å². The number of aryl methyl sites for hydroxylation is 2. The summed E-state index contributed by atoms with van der Waals surface area (Å²) in [7, 11) is 3.49. The highest BCUT2D eigenvalue weighted by molar-refractivity contribution is 6.30. The first-order valence-corrected chi connectivity index (χ1v) is 9.79. The van der Waals surface area contributed by atoms with E-state index in [9.17, 15) is 4.79 Å². The second kappa shape index (κ2) is 9.02. The molecule has 1 saturated heterocycles. The Morgan fingerprint density at radius 2 is 2.24 bits per heavy atom. The predicted molar refractivity (Wildman–Crippen MR) is 109 cm³/mol. The molecule has 3 rings (SSSR count). The van der Waals surface area contributed by atoms with E-state index in [-0.39, 0.29) is 13.0 Å². The van der Waals surface area contributed by atoms with Crippen molar-refractivity contribution in [2.75, 3.05) is 33.4 Å². The number of amides is 1. The molecule has 9 heteroatoms. The van der Waals surface area contributed by atoms with Crippen molar-refractivity contribution in [3.05, 3.63) is 40.5 Å². The van der Waals surface area contributed by atoms with E-state index in [0.29, 0.717) is 30.5 Å². The monoisotopic (exact) mass is 422 g/mol. The summed E-state index contributed by atoms with van der Waals surface area (Å²) < 4.78 is 19.2. The van der Waals surface area contributed by atoms with E-state index in [0.717, 1.165) is 23.7 Å². The number of methoxy groups -OCH3 is 1. The van der Waals surface area contributed by atoms with Crippen molar-refractivity contribution >= 4 is 17.5 Å². The Kier molecular flexibility index (Phi) is 6.66. The maximum absolute atomic E-state index is 11.8. The average Bonchev–Trinajstić information content (AvgIpc) is 2.92. The molecule has 0 saturated carbocycles. The summed E-state index contributed by atoms with van der Waals surface area (Å²) in [5.74, 6) is 0.910. The number of benzene rings is 1. The quantitative estimate of drug-likeness (QED) is 0.698. The molecule has 1 amide bonds. The zero-order valence-corrected chi connectivity index (χ0v) is 17.7. The lowest BCUT2D eigenvalue weighted by molar-refractivity contribution is -0.148. The molecule has 0 unspecified atom stereocenters. The summed E-state index contributed by atoms with van der Waals surface area (Å²) in [6.45, 7) is 4.45. The second-order valence-electron chi connectivity index (χ2n) is 7.33. The van der Waals surface area contributed by atoms with Crippen LogP contribution in [-0.4, -0.2) is 59.6 Å². The molecule has 0 aliphatic carbocycles. The molecule has 0 spiro atoms. The fourth-order valence-electron chi connectivity index (χ4n) is 3.73. The van der Waals surface area contributed by atoms with Gasteiger partial charge >= 0.3 is 0 Å². The standard InChI is InChI=1S/C20H27ClN4O4/c1-14-17(19(27-3)24(2)23-14)11-25-7-8-29-20(12-25,10-18(22)26)13-28-16-6-4-5-15(21)9-16/h4-6,9H,7-8,10-13H2,1-3H3,(H2,22,26)/t20-/m1/s1. The van der Waals surface area contributed by atoms with E-state index in [1.807, 2.05) is 26.1 Å². The molecule has 2 heterocycles. The Morgan fingerprint density at radius 1 is 1.45 bits per heavy atom. The molecule has 1 aliphatic heterocycles. The Balaban J connectivity index is 1.76. The minimum absolute atomic E-state index is 0.0627. The van der Waals surface area contributed by atoms with E-state index >= 15 is 0 Å². The third-order valence-corrected chi connectivity index (χ3v) is 5.22. The zero-order chi connectivity index (χ0) is 21.0. The third-order valence-electron chi connectivity index (χ3n) is 4.99. The van der Waals surface area contributed by atoms with Crippen molar-refractivity contribution in [1.29, 1.82) is 0 Å². The van der Waals surface area contributed by atoms with Crippen LogP contribution in [0.1, 0.15) is 17.7 Å². The molecule has 29 heavy (non-hydrogen) atoms. The van der Waals surface area contributed by atoms with Crippen molar-refractivity contribution in [3.63, 3.8) is 0 Å². The molecule has 1 aromatic heterocycles. The van der Waals surface area contributed by atoms with Gasteiger partial charge in [-0.15, -0.1) is 0 Å². The van der Waals surface area contributed by atoms with E-state index in [1.165, 1.54) is 0 Å². The van der Waals surface area contributed by atoms with Crippen molar-refractivity contribution in [2.45, 2.75) is 25.5 Å². The Bertz CT molecular complexity index is 872. The molecule has 0 bridgehead atoms. The van der Waals surface area contributed by atoms with E-state index in [4.69, 9.17) is 31.5 Å². The van der Waals surface area contributed by atoms with Gasteiger partial charge in [0, 0.05) is 31.7 Å². The van der Waals surface area contributed by atoms with Crippen LogP contribution in [0.4, 0.5) is 0 Å². The third kappa shape index (κ3) is 5.20. The number of carbonyl (C=O) groups is 1. The molecule has 2 aromatic rings. The lowest BCUT2D eigenvalue weighted by Crippen LogP contribution is -2.56. The summed E-state index contributed by atoms with van der Waals surface area (Å²) in [6.07, 6.45) is 0.0627. The van der Waals surface area contributed by atoms with Crippen LogP contribution < -0.4 is 15.2 Å². The van der Waals surface area contributed by atoms with E-state index in [2.05, 4.69) is 10.00 Å². The van der Waals surface area contributed by atoms with Gasteiger partial charge in [0.15, 0.2) is 0 Å². The van der Waals surface area contributed by atoms with Gasteiger partial charge in [0.25, 0.3) is 0 Å². The van der Waals surface area contributed by atoms with Crippen LogP contribution in [0.5, 0.6) is 11.6 Å². The molecule has 1 aromatic carbocycles.